The lowest BCUT2D eigenvalue weighted by Gasteiger charge is -2.43. The van der Waals surface area contributed by atoms with Gasteiger partial charge in [-0.15, -0.1) is 0 Å². The molecule has 2 fully saturated rings. The Labute approximate surface area is 155 Å². The molecule has 1 aromatic carbocycles. The number of amides is 3. The van der Waals surface area contributed by atoms with Crippen molar-refractivity contribution in [1.29, 1.82) is 0 Å². The molecule has 1 spiro atoms. The minimum Gasteiger partial charge on any atom is -0.323 e. The van der Waals surface area contributed by atoms with Crippen molar-refractivity contribution >= 4 is 11.9 Å². The van der Waals surface area contributed by atoms with Gasteiger partial charge in [0, 0.05) is 12.0 Å². The summed E-state index contributed by atoms with van der Waals surface area (Å²) in [5.41, 5.74) is 2.12. The number of carbonyl (C=O) groups excluding carboxylic acids is 2. The number of nitrogens with zero attached hydrogens (tertiary/aromatic N) is 1. The van der Waals surface area contributed by atoms with Crippen molar-refractivity contribution in [2.75, 3.05) is 13.2 Å². The van der Waals surface area contributed by atoms with Gasteiger partial charge in [0.15, 0.2) is 6.67 Å². The molecule has 2 heterocycles. The van der Waals surface area contributed by atoms with E-state index in [1.165, 1.54) is 20.9 Å². The van der Waals surface area contributed by atoms with Gasteiger partial charge in [-0.05, 0) is 36.2 Å². The second-order valence-electron chi connectivity index (χ2n) is 9.45. The molecule has 1 saturated carbocycles. The van der Waals surface area contributed by atoms with Crippen LogP contribution in [-0.4, -0.2) is 35.6 Å². The van der Waals surface area contributed by atoms with Gasteiger partial charge in [0.2, 0.25) is 0 Å². The number of quaternary nitrogens is 1. The maximum atomic E-state index is 13.3. The number of imide groups is 1. The van der Waals surface area contributed by atoms with E-state index in [1.54, 1.807) is 0 Å². The molecule has 0 bridgehead atoms. The second kappa shape index (κ2) is 6.08. The van der Waals surface area contributed by atoms with Crippen LogP contribution in [0.2, 0.25) is 0 Å². The summed E-state index contributed by atoms with van der Waals surface area (Å²) in [6, 6.07) is 8.28. The SMILES string of the molecule is C[C@H]1CC(C)(C)C[C@@]2(C1)NC(=O)N(C[NH+]1CCc3ccccc3C1)C2=O. The van der Waals surface area contributed by atoms with Gasteiger partial charge in [-0.3, -0.25) is 4.79 Å². The van der Waals surface area contributed by atoms with Crippen LogP contribution >= 0.6 is 0 Å². The quantitative estimate of drug-likeness (QED) is 0.793. The Balaban J connectivity index is 1.50. The van der Waals surface area contributed by atoms with Crippen LogP contribution < -0.4 is 10.2 Å². The summed E-state index contributed by atoms with van der Waals surface area (Å²) < 4.78 is 0. The van der Waals surface area contributed by atoms with Gasteiger partial charge in [-0.2, -0.15) is 0 Å². The maximum absolute atomic E-state index is 13.3. The van der Waals surface area contributed by atoms with Gasteiger partial charge in [0.25, 0.3) is 5.91 Å². The van der Waals surface area contributed by atoms with Crippen LogP contribution in [0.3, 0.4) is 0 Å². The van der Waals surface area contributed by atoms with Crippen molar-refractivity contribution in [1.82, 2.24) is 10.2 Å². The third-order valence-corrected chi connectivity index (χ3v) is 6.31. The van der Waals surface area contributed by atoms with E-state index < -0.39 is 5.54 Å². The van der Waals surface area contributed by atoms with Gasteiger partial charge < -0.3 is 10.2 Å². The number of rotatable bonds is 2. The maximum Gasteiger partial charge on any atom is 0.329 e. The summed E-state index contributed by atoms with van der Waals surface area (Å²) in [6.07, 6.45) is 3.61. The number of hydrogen-bond donors (Lipinski definition) is 2. The van der Waals surface area contributed by atoms with Gasteiger partial charge in [-0.1, -0.05) is 45.0 Å². The fourth-order valence-electron chi connectivity index (χ4n) is 5.65. The summed E-state index contributed by atoms with van der Waals surface area (Å²) in [5, 5.41) is 3.09. The van der Waals surface area contributed by atoms with Gasteiger partial charge >= 0.3 is 6.03 Å². The van der Waals surface area contributed by atoms with Crippen molar-refractivity contribution in [2.45, 2.75) is 58.5 Å². The molecule has 140 valence electrons. The lowest BCUT2D eigenvalue weighted by molar-refractivity contribution is -0.923. The first-order chi connectivity index (χ1) is 12.3. The first-order valence-corrected chi connectivity index (χ1v) is 9.82. The molecule has 2 N–H and O–H groups in total. The predicted molar refractivity (Wildman–Crippen MR) is 99.5 cm³/mol. The second-order valence-corrected chi connectivity index (χ2v) is 9.45. The summed E-state index contributed by atoms with van der Waals surface area (Å²) >= 11 is 0. The average Bonchev–Trinajstić information content (AvgIpc) is 2.76. The highest BCUT2D eigenvalue weighted by atomic mass is 16.2. The fourth-order valence-corrected chi connectivity index (χ4v) is 5.65. The van der Waals surface area contributed by atoms with E-state index in [2.05, 4.69) is 50.4 Å². The number of nitrogens with one attached hydrogen (secondary N) is 2. The van der Waals surface area contributed by atoms with Crippen molar-refractivity contribution in [3.05, 3.63) is 35.4 Å². The minimum atomic E-state index is -0.689. The number of benzene rings is 1. The molecule has 1 saturated heterocycles. The molecule has 3 aliphatic rings. The van der Waals surface area contributed by atoms with Crippen LogP contribution in [-0.2, 0) is 17.8 Å². The highest BCUT2D eigenvalue weighted by molar-refractivity contribution is 6.07. The van der Waals surface area contributed by atoms with E-state index in [-0.39, 0.29) is 17.4 Å². The van der Waals surface area contributed by atoms with Crippen LogP contribution in [0.5, 0.6) is 0 Å². The Hall–Kier alpha value is -1.88. The number of fused-ring (bicyclic) bond motifs is 1. The summed E-state index contributed by atoms with van der Waals surface area (Å²) in [6.45, 7) is 8.91. The molecule has 3 atom stereocenters. The molecule has 2 aliphatic heterocycles. The Morgan fingerprint density at radius 1 is 1.19 bits per heavy atom. The predicted octanol–water partition coefficient (Wildman–Crippen LogP) is 1.72. The highest BCUT2D eigenvalue weighted by Gasteiger charge is 2.56. The van der Waals surface area contributed by atoms with Crippen molar-refractivity contribution in [3.8, 4) is 0 Å². The van der Waals surface area contributed by atoms with E-state index >= 15 is 0 Å². The molecule has 1 aliphatic carbocycles. The molecule has 5 heteroatoms. The monoisotopic (exact) mass is 356 g/mol. The third-order valence-electron chi connectivity index (χ3n) is 6.31. The zero-order valence-electron chi connectivity index (χ0n) is 16.1. The molecule has 1 aromatic rings. The molecule has 1 unspecified atom stereocenters. The van der Waals surface area contributed by atoms with Crippen molar-refractivity contribution in [2.24, 2.45) is 11.3 Å². The Kier molecular flexibility index (Phi) is 4.10. The number of urea groups is 1. The molecule has 4 rings (SSSR count). The minimum absolute atomic E-state index is 0.00603. The van der Waals surface area contributed by atoms with Crippen LogP contribution in [0.15, 0.2) is 24.3 Å². The molecule has 0 radical (unpaired) electrons. The van der Waals surface area contributed by atoms with Crippen molar-refractivity contribution < 1.29 is 14.5 Å². The highest BCUT2D eigenvalue weighted by Crippen LogP contribution is 2.46. The summed E-state index contributed by atoms with van der Waals surface area (Å²) in [4.78, 5) is 28.7. The molecular weight excluding hydrogens is 326 g/mol. The number of carbonyl (C=O) groups is 2. The standard InChI is InChI=1S/C21H29N3O2/c1-15-10-20(2,3)13-21(11-15)18(25)24(19(26)22-21)14-23-9-8-16-6-4-5-7-17(16)12-23/h4-7,15H,8-14H2,1-3H3,(H,22,26)/p+1/t15-,21+/m0/s1. The first kappa shape index (κ1) is 17.5. The zero-order valence-corrected chi connectivity index (χ0v) is 16.1. The van der Waals surface area contributed by atoms with Crippen LogP contribution in [0.25, 0.3) is 0 Å². The Morgan fingerprint density at radius 3 is 2.65 bits per heavy atom. The first-order valence-electron chi connectivity index (χ1n) is 9.82. The normalized spacial score (nSPS) is 33.3. The van der Waals surface area contributed by atoms with Gasteiger partial charge in [0.05, 0.1) is 6.54 Å². The Morgan fingerprint density at radius 2 is 1.92 bits per heavy atom. The van der Waals surface area contributed by atoms with Gasteiger partial charge in [0.1, 0.15) is 12.1 Å². The smallest absolute Gasteiger partial charge is 0.323 e. The third kappa shape index (κ3) is 3.02. The van der Waals surface area contributed by atoms with E-state index in [1.807, 2.05) is 0 Å². The van der Waals surface area contributed by atoms with Gasteiger partial charge in [-0.25, -0.2) is 9.69 Å². The molecule has 5 nitrogen and oxygen atoms in total. The Bertz CT molecular complexity index is 745. The largest absolute Gasteiger partial charge is 0.329 e. The fraction of sp³-hybridized carbons (Fsp3) is 0.619. The van der Waals surface area contributed by atoms with Crippen molar-refractivity contribution in [3.63, 3.8) is 0 Å². The molecule has 0 aromatic heterocycles. The lowest BCUT2D eigenvalue weighted by atomic mass is 9.64. The molecule has 3 amide bonds. The zero-order chi connectivity index (χ0) is 18.5. The molecule has 26 heavy (non-hydrogen) atoms. The van der Waals surface area contributed by atoms with E-state index in [0.717, 1.165) is 38.8 Å². The molecular formula is C21H30N3O2+. The van der Waals surface area contributed by atoms with E-state index in [4.69, 9.17) is 0 Å². The van der Waals surface area contributed by atoms with Crippen LogP contribution in [0.4, 0.5) is 4.79 Å². The summed E-state index contributed by atoms with van der Waals surface area (Å²) in [5.74, 6) is 0.436. The lowest BCUT2D eigenvalue weighted by Crippen LogP contribution is -3.13. The topological polar surface area (TPSA) is 53.9 Å². The average molecular weight is 356 g/mol. The summed E-state index contributed by atoms with van der Waals surface area (Å²) in [7, 11) is 0. The van der Waals surface area contributed by atoms with E-state index in [0.29, 0.717) is 12.6 Å². The number of hydrogen-bond acceptors (Lipinski definition) is 2. The van der Waals surface area contributed by atoms with Crippen LogP contribution in [0, 0.1) is 11.3 Å². The van der Waals surface area contributed by atoms with E-state index in [9.17, 15) is 9.59 Å². The van der Waals surface area contributed by atoms with Crippen LogP contribution in [0.1, 0.15) is 51.2 Å².